The summed E-state index contributed by atoms with van der Waals surface area (Å²) in [5.41, 5.74) is 0. The van der Waals surface area contributed by atoms with E-state index in [0.29, 0.717) is 6.04 Å². The molecule has 0 aromatic carbocycles. The highest BCUT2D eigenvalue weighted by Gasteiger charge is 2.47. The van der Waals surface area contributed by atoms with Gasteiger partial charge < -0.3 is 10.0 Å². The van der Waals surface area contributed by atoms with Crippen molar-refractivity contribution in [3.05, 3.63) is 0 Å². The van der Waals surface area contributed by atoms with E-state index in [1.165, 1.54) is 12.8 Å². The molecule has 1 aliphatic carbocycles. The van der Waals surface area contributed by atoms with Crippen LogP contribution in [0.3, 0.4) is 0 Å². The van der Waals surface area contributed by atoms with E-state index in [-0.39, 0.29) is 18.6 Å². The summed E-state index contributed by atoms with van der Waals surface area (Å²) in [6.45, 7) is -0.0833. The van der Waals surface area contributed by atoms with Gasteiger partial charge >= 0.3 is 0 Å². The number of fused-ring (bicyclic) bond motifs is 1. The van der Waals surface area contributed by atoms with Gasteiger partial charge in [-0.05, 0) is 12.8 Å². The van der Waals surface area contributed by atoms with Crippen LogP contribution in [0.25, 0.3) is 0 Å². The molecular weight excluding hydrogens is 142 g/mol. The van der Waals surface area contributed by atoms with Crippen molar-refractivity contribution < 1.29 is 9.90 Å². The van der Waals surface area contributed by atoms with Crippen LogP contribution in [-0.4, -0.2) is 28.7 Å². The van der Waals surface area contributed by atoms with Crippen LogP contribution < -0.4 is 0 Å². The molecule has 1 N–H and O–H groups in total. The van der Waals surface area contributed by atoms with E-state index >= 15 is 0 Å². The van der Waals surface area contributed by atoms with Gasteiger partial charge in [0, 0.05) is 6.04 Å². The zero-order valence-corrected chi connectivity index (χ0v) is 6.49. The molecule has 2 atom stereocenters. The third-order valence-electron chi connectivity index (χ3n) is 2.88. The Morgan fingerprint density at radius 3 is 2.91 bits per heavy atom. The molecule has 0 bridgehead atoms. The summed E-state index contributed by atoms with van der Waals surface area (Å²) in [6, 6.07) is 0.376. The molecule has 2 rings (SSSR count). The number of rotatable bonds is 1. The van der Waals surface area contributed by atoms with Crippen LogP contribution >= 0.6 is 0 Å². The van der Waals surface area contributed by atoms with Gasteiger partial charge in [-0.3, -0.25) is 4.79 Å². The number of amides is 1. The number of aliphatic hydroxyl groups excluding tert-OH is 1. The van der Waals surface area contributed by atoms with Crippen molar-refractivity contribution in [1.82, 2.24) is 4.90 Å². The zero-order valence-electron chi connectivity index (χ0n) is 6.49. The van der Waals surface area contributed by atoms with Crippen LogP contribution in [0.15, 0.2) is 0 Å². The average Bonchev–Trinajstić information content (AvgIpc) is 2.05. The van der Waals surface area contributed by atoms with Crippen molar-refractivity contribution in [2.45, 2.75) is 31.7 Å². The Labute approximate surface area is 66.0 Å². The number of carbonyl (C=O) groups is 1. The summed E-state index contributed by atoms with van der Waals surface area (Å²) in [5, 5.41) is 8.80. The van der Waals surface area contributed by atoms with Gasteiger partial charge in [-0.15, -0.1) is 0 Å². The van der Waals surface area contributed by atoms with Crippen LogP contribution in [-0.2, 0) is 4.79 Å². The summed E-state index contributed by atoms with van der Waals surface area (Å²) in [7, 11) is 0. The van der Waals surface area contributed by atoms with E-state index in [9.17, 15) is 4.79 Å². The Balaban J connectivity index is 2.03. The predicted molar refractivity (Wildman–Crippen MR) is 39.7 cm³/mol. The molecule has 0 aromatic rings. The van der Waals surface area contributed by atoms with Crippen molar-refractivity contribution in [3.8, 4) is 0 Å². The molecule has 11 heavy (non-hydrogen) atoms. The second kappa shape index (κ2) is 2.48. The van der Waals surface area contributed by atoms with Gasteiger partial charge in [0.2, 0.25) is 5.91 Å². The Bertz CT molecular complexity index is 173. The molecule has 1 amide bonds. The number of nitrogens with zero attached hydrogens (tertiary/aromatic N) is 1. The first-order chi connectivity index (χ1) is 5.34. The largest absolute Gasteiger partial charge is 0.376 e. The quantitative estimate of drug-likeness (QED) is 0.555. The molecule has 2 aliphatic rings. The fraction of sp³-hybridized carbons (Fsp3) is 0.875. The molecule has 1 saturated heterocycles. The van der Waals surface area contributed by atoms with Crippen LogP contribution in [0.5, 0.6) is 0 Å². The first-order valence-electron chi connectivity index (χ1n) is 4.26. The van der Waals surface area contributed by atoms with Gasteiger partial charge in [0.15, 0.2) is 0 Å². The van der Waals surface area contributed by atoms with Crippen LogP contribution in [0, 0.1) is 5.92 Å². The number of hydrogen-bond donors (Lipinski definition) is 1. The normalized spacial score (nSPS) is 36.5. The maximum atomic E-state index is 11.2. The van der Waals surface area contributed by atoms with E-state index in [0.717, 1.165) is 12.8 Å². The minimum Gasteiger partial charge on any atom is -0.376 e. The van der Waals surface area contributed by atoms with Gasteiger partial charge in [0.25, 0.3) is 0 Å². The molecule has 1 heterocycles. The van der Waals surface area contributed by atoms with E-state index < -0.39 is 0 Å². The molecule has 0 unspecified atom stereocenters. The van der Waals surface area contributed by atoms with Crippen molar-refractivity contribution >= 4 is 5.91 Å². The molecule has 3 nitrogen and oxygen atoms in total. The van der Waals surface area contributed by atoms with E-state index in [2.05, 4.69) is 0 Å². The van der Waals surface area contributed by atoms with Crippen LogP contribution in [0.4, 0.5) is 0 Å². The average molecular weight is 155 g/mol. The topological polar surface area (TPSA) is 40.5 Å². The van der Waals surface area contributed by atoms with E-state index in [1.807, 2.05) is 0 Å². The van der Waals surface area contributed by atoms with Crippen LogP contribution in [0.2, 0.25) is 0 Å². The molecule has 0 spiro atoms. The highest BCUT2D eigenvalue weighted by molar-refractivity contribution is 5.86. The fourth-order valence-corrected chi connectivity index (χ4v) is 2.24. The number of hydrogen-bond acceptors (Lipinski definition) is 2. The Morgan fingerprint density at radius 1 is 1.45 bits per heavy atom. The highest BCUT2D eigenvalue weighted by Crippen LogP contribution is 2.37. The summed E-state index contributed by atoms with van der Waals surface area (Å²) in [5.74, 6) is 0.424. The number of β-lactam (4-membered cyclic amide) rings is 1. The van der Waals surface area contributed by atoms with Crippen molar-refractivity contribution in [1.29, 1.82) is 0 Å². The van der Waals surface area contributed by atoms with Crippen molar-refractivity contribution in [2.24, 2.45) is 5.92 Å². The molecular formula is C8H13NO2. The van der Waals surface area contributed by atoms with Gasteiger partial charge in [0.1, 0.15) is 6.73 Å². The van der Waals surface area contributed by atoms with Crippen molar-refractivity contribution in [2.75, 3.05) is 6.73 Å². The lowest BCUT2D eigenvalue weighted by Crippen LogP contribution is -2.61. The van der Waals surface area contributed by atoms with Gasteiger partial charge in [-0.25, -0.2) is 0 Å². The molecule has 0 aromatic heterocycles. The Hall–Kier alpha value is -0.570. The maximum absolute atomic E-state index is 11.2. The molecule has 1 saturated carbocycles. The number of carbonyl (C=O) groups excluding carboxylic acids is 1. The second-order valence-electron chi connectivity index (χ2n) is 3.41. The Morgan fingerprint density at radius 2 is 2.18 bits per heavy atom. The number of likely N-dealkylation sites (tertiary alicyclic amines) is 1. The van der Waals surface area contributed by atoms with Gasteiger partial charge in [-0.1, -0.05) is 12.8 Å². The predicted octanol–water partition coefficient (Wildman–Crippen LogP) is 0.337. The number of aliphatic hydroxyl groups is 1. The lowest BCUT2D eigenvalue weighted by Gasteiger charge is -2.48. The van der Waals surface area contributed by atoms with Crippen LogP contribution in [0.1, 0.15) is 25.7 Å². The second-order valence-corrected chi connectivity index (χ2v) is 3.41. The Kier molecular flexibility index (Phi) is 1.60. The van der Waals surface area contributed by atoms with E-state index in [4.69, 9.17) is 5.11 Å². The highest BCUT2D eigenvalue weighted by atomic mass is 16.3. The minimum absolute atomic E-state index is 0.0833. The van der Waals surface area contributed by atoms with Gasteiger partial charge in [0.05, 0.1) is 5.92 Å². The SMILES string of the molecule is O=C1[C@@H]2CCCC[C@@H]2N1CO. The fourth-order valence-electron chi connectivity index (χ4n) is 2.24. The molecule has 2 fully saturated rings. The maximum Gasteiger partial charge on any atom is 0.229 e. The molecule has 62 valence electrons. The first kappa shape index (κ1) is 7.10. The van der Waals surface area contributed by atoms with E-state index in [1.54, 1.807) is 4.90 Å². The molecule has 1 aliphatic heterocycles. The smallest absolute Gasteiger partial charge is 0.229 e. The first-order valence-corrected chi connectivity index (χ1v) is 4.26. The third-order valence-corrected chi connectivity index (χ3v) is 2.88. The summed E-state index contributed by atoms with van der Waals surface area (Å²) in [4.78, 5) is 12.8. The standard InChI is InChI=1S/C8H13NO2/c10-5-9-7-4-2-1-3-6(7)8(9)11/h6-7,10H,1-5H2/t6-,7+/m1/s1. The van der Waals surface area contributed by atoms with Gasteiger partial charge in [-0.2, -0.15) is 0 Å². The lowest BCUT2D eigenvalue weighted by atomic mass is 9.76. The minimum atomic E-state index is -0.0833. The monoisotopic (exact) mass is 155 g/mol. The summed E-state index contributed by atoms with van der Waals surface area (Å²) < 4.78 is 0. The molecule has 3 heteroatoms. The molecule has 0 radical (unpaired) electrons. The third kappa shape index (κ3) is 0.872. The zero-order chi connectivity index (χ0) is 7.84. The van der Waals surface area contributed by atoms with Crippen molar-refractivity contribution in [3.63, 3.8) is 0 Å². The lowest BCUT2D eigenvalue weighted by molar-refractivity contribution is -0.166. The summed E-state index contributed by atoms with van der Waals surface area (Å²) >= 11 is 0. The summed E-state index contributed by atoms with van der Waals surface area (Å²) in [6.07, 6.45) is 4.54.